The molecule has 0 aliphatic carbocycles. The molecule has 0 bridgehead atoms. The Bertz CT molecular complexity index is 586. The molecule has 1 aromatic heterocycles. The molecule has 2 aromatic rings. The molecule has 20 heavy (non-hydrogen) atoms. The molecule has 0 fully saturated rings. The number of nitrogens with zero attached hydrogens (tertiary/aromatic N) is 3. The van der Waals surface area contributed by atoms with Gasteiger partial charge in [0, 0.05) is 16.7 Å². The average molecular weight is 336 g/mol. The van der Waals surface area contributed by atoms with Gasteiger partial charge in [0.15, 0.2) is 5.82 Å². The van der Waals surface area contributed by atoms with E-state index in [1.165, 1.54) is 0 Å². The number of halogens is 1. The molecular formula is C14H18BrN5. The second-order valence-corrected chi connectivity index (χ2v) is 5.94. The number of anilines is 3. The zero-order chi connectivity index (χ0) is 14.5. The molecule has 0 saturated carbocycles. The van der Waals surface area contributed by atoms with Crippen molar-refractivity contribution < 1.29 is 0 Å². The molecular weight excluding hydrogens is 318 g/mol. The van der Waals surface area contributed by atoms with Crippen LogP contribution in [0.1, 0.15) is 19.4 Å². The lowest BCUT2D eigenvalue weighted by Crippen LogP contribution is -2.11. The lowest BCUT2D eigenvalue weighted by Gasteiger charge is -2.10. The molecule has 0 spiro atoms. The molecule has 6 heteroatoms. The molecule has 0 aliphatic rings. The zero-order valence-electron chi connectivity index (χ0n) is 11.8. The van der Waals surface area contributed by atoms with Crippen LogP contribution in [-0.2, 0) is 0 Å². The monoisotopic (exact) mass is 335 g/mol. The molecule has 0 aliphatic heterocycles. The number of hydrogen-bond donors (Lipinski definition) is 2. The van der Waals surface area contributed by atoms with Gasteiger partial charge in [-0.05, 0) is 36.6 Å². The Hall–Kier alpha value is -1.69. The third-order valence-electron chi connectivity index (χ3n) is 2.68. The van der Waals surface area contributed by atoms with E-state index in [1.807, 2.05) is 19.1 Å². The highest BCUT2D eigenvalue weighted by molar-refractivity contribution is 9.10. The molecule has 0 unspecified atom stereocenters. The minimum Gasteiger partial charge on any atom is -0.353 e. The molecule has 2 N–H and O–H groups in total. The third kappa shape index (κ3) is 4.16. The van der Waals surface area contributed by atoms with E-state index < -0.39 is 0 Å². The van der Waals surface area contributed by atoms with E-state index in [1.54, 1.807) is 6.20 Å². The van der Waals surface area contributed by atoms with E-state index in [-0.39, 0.29) is 0 Å². The van der Waals surface area contributed by atoms with E-state index >= 15 is 0 Å². The second-order valence-electron chi connectivity index (χ2n) is 5.02. The average Bonchev–Trinajstić information content (AvgIpc) is 2.40. The Morgan fingerprint density at radius 1 is 1.30 bits per heavy atom. The van der Waals surface area contributed by atoms with Crippen molar-refractivity contribution in [3.63, 3.8) is 0 Å². The van der Waals surface area contributed by atoms with E-state index in [9.17, 15) is 0 Å². The maximum Gasteiger partial charge on any atom is 0.244 e. The van der Waals surface area contributed by atoms with Crippen molar-refractivity contribution in [1.82, 2.24) is 15.2 Å². The lowest BCUT2D eigenvalue weighted by molar-refractivity contribution is 0.682. The Morgan fingerprint density at radius 2 is 2.10 bits per heavy atom. The van der Waals surface area contributed by atoms with E-state index in [0.29, 0.717) is 17.7 Å². The molecule has 0 atom stereocenters. The van der Waals surface area contributed by atoms with Crippen LogP contribution in [0.5, 0.6) is 0 Å². The summed E-state index contributed by atoms with van der Waals surface area (Å²) in [6, 6.07) is 6.04. The van der Waals surface area contributed by atoms with Crippen molar-refractivity contribution in [2.24, 2.45) is 5.92 Å². The van der Waals surface area contributed by atoms with Crippen molar-refractivity contribution in [3.05, 3.63) is 34.4 Å². The van der Waals surface area contributed by atoms with Gasteiger partial charge >= 0.3 is 0 Å². The minimum absolute atomic E-state index is 0.531. The standard InChI is InChI=1S/C14H18BrN5/c1-9(2)7-16-14-19-13(8-17-20-14)18-12-5-4-11(15)6-10(12)3/h4-6,8-9H,7H2,1-3H3,(H2,16,18,19,20). The summed E-state index contributed by atoms with van der Waals surface area (Å²) in [5.41, 5.74) is 2.14. The van der Waals surface area contributed by atoms with Gasteiger partial charge in [-0.3, -0.25) is 0 Å². The summed E-state index contributed by atoms with van der Waals surface area (Å²) < 4.78 is 1.06. The number of aromatic nitrogens is 3. The van der Waals surface area contributed by atoms with E-state index in [2.05, 4.69) is 61.7 Å². The summed E-state index contributed by atoms with van der Waals surface area (Å²) in [6.45, 7) is 7.13. The van der Waals surface area contributed by atoms with Gasteiger partial charge in [0.1, 0.15) is 0 Å². The molecule has 1 heterocycles. The van der Waals surface area contributed by atoms with Crippen molar-refractivity contribution in [1.29, 1.82) is 0 Å². The fourth-order valence-corrected chi connectivity index (χ4v) is 2.11. The molecule has 0 radical (unpaired) electrons. The summed E-state index contributed by atoms with van der Waals surface area (Å²) in [7, 11) is 0. The maximum absolute atomic E-state index is 4.40. The van der Waals surface area contributed by atoms with Crippen LogP contribution < -0.4 is 10.6 Å². The summed E-state index contributed by atoms with van der Waals surface area (Å²) in [5.74, 6) is 1.75. The predicted octanol–water partition coefficient (Wildman–Crippen LogP) is 3.75. The SMILES string of the molecule is Cc1cc(Br)ccc1Nc1cnnc(NCC(C)C)n1. The van der Waals surface area contributed by atoms with Crippen LogP contribution in [0.15, 0.2) is 28.9 Å². The molecule has 0 saturated heterocycles. The Morgan fingerprint density at radius 3 is 2.80 bits per heavy atom. The van der Waals surface area contributed by atoms with Crippen LogP contribution in [-0.4, -0.2) is 21.7 Å². The summed E-state index contributed by atoms with van der Waals surface area (Å²) in [4.78, 5) is 4.40. The maximum atomic E-state index is 4.40. The number of aryl methyl sites for hydroxylation is 1. The smallest absolute Gasteiger partial charge is 0.244 e. The second kappa shape index (κ2) is 6.65. The van der Waals surface area contributed by atoms with Gasteiger partial charge in [0.05, 0.1) is 6.20 Å². The number of nitrogens with one attached hydrogen (secondary N) is 2. The van der Waals surface area contributed by atoms with E-state index in [0.717, 1.165) is 22.3 Å². The van der Waals surface area contributed by atoms with Gasteiger partial charge in [-0.1, -0.05) is 29.8 Å². The highest BCUT2D eigenvalue weighted by atomic mass is 79.9. The van der Waals surface area contributed by atoms with Crippen LogP contribution in [0, 0.1) is 12.8 Å². The van der Waals surface area contributed by atoms with Crippen LogP contribution in [0.4, 0.5) is 17.5 Å². The topological polar surface area (TPSA) is 62.7 Å². The fraction of sp³-hybridized carbons (Fsp3) is 0.357. The molecule has 2 rings (SSSR count). The fourth-order valence-electron chi connectivity index (χ4n) is 1.64. The molecule has 0 amide bonds. The molecule has 1 aromatic carbocycles. The number of hydrogen-bond acceptors (Lipinski definition) is 5. The van der Waals surface area contributed by atoms with Gasteiger partial charge in [-0.25, -0.2) is 0 Å². The molecule has 106 valence electrons. The Labute approximate surface area is 127 Å². The van der Waals surface area contributed by atoms with Gasteiger partial charge < -0.3 is 10.6 Å². The quantitative estimate of drug-likeness (QED) is 0.871. The first-order valence-electron chi connectivity index (χ1n) is 6.51. The van der Waals surface area contributed by atoms with E-state index in [4.69, 9.17) is 0 Å². The summed E-state index contributed by atoms with van der Waals surface area (Å²) in [6.07, 6.45) is 1.61. The lowest BCUT2D eigenvalue weighted by atomic mass is 10.2. The normalized spacial score (nSPS) is 10.7. The van der Waals surface area contributed by atoms with Gasteiger partial charge in [-0.2, -0.15) is 10.1 Å². The van der Waals surface area contributed by atoms with Crippen molar-refractivity contribution >= 4 is 33.4 Å². The largest absolute Gasteiger partial charge is 0.353 e. The van der Waals surface area contributed by atoms with Gasteiger partial charge in [-0.15, -0.1) is 5.10 Å². The minimum atomic E-state index is 0.531. The predicted molar refractivity (Wildman–Crippen MR) is 85.3 cm³/mol. The van der Waals surface area contributed by atoms with Crippen LogP contribution in [0.25, 0.3) is 0 Å². The highest BCUT2D eigenvalue weighted by Gasteiger charge is 2.04. The first-order valence-corrected chi connectivity index (χ1v) is 7.30. The molecule has 5 nitrogen and oxygen atoms in total. The highest BCUT2D eigenvalue weighted by Crippen LogP contribution is 2.22. The van der Waals surface area contributed by atoms with Crippen molar-refractivity contribution in [2.45, 2.75) is 20.8 Å². The van der Waals surface area contributed by atoms with Crippen LogP contribution >= 0.6 is 15.9 Å². The van der Waals surface area contributed by atoms with Gasteiger partial charge in [0.2, 0.25) is 5.95 Å². The van der Waals surface area contributed by atoms with Gasteiger partial charge in [0.25, 0.3) is 0 Å². The summed E-state index contributed by atoms with van der Waals surface area (Å²) >= 11 is 3.45. The number of rotatable bonds is 5. The van der Waals surface area contributed by atoms with Crippen molar-refractivity contribution in [3.8, 4) is 0 Å². The zero-order valence-corrected chi connectivity index (χ0v) is 13.4. The van der Waals surface area contributed by atoms with Crippen LogP contribution in [0.2, 0.25) is 0 Å². The third-order valence-corrected chi connectivity index (χ3v) is 3.17. The van der Waals surface area contributed by atoms with Crippen LogP contribution in [0.3, 0.4) is 0 Å². The first-order chi connectivity index (χ1) is 9.54. The Kier molecular flexibility index (Phi) is 4.89. The first kappa shape index (κ1) is 14.7. The van der Waals surface area contributed by atoms with Crippen molar-refractivity contribution in [2.75, 3.05) is 17.2 Å². The Balaban J connectivity index is 2.11. The number of benzene rings is 1. The summed E-state index contributed by atoms with van der Waals surface area (Å²) in [5, 5.41) is 14.3.